The number of nitro groups is 1. The number of esters is 1. The molecule has 8 nitrogen and oxygen atoms in total. The molecule has 9 heteroatoms. The summed E-state index contributed by atoms with van der Waals surface area (Å²) < 4.78 is 23.3. The number of ether oxygens (including phenoxy) is 4. The van der Waals surface area contributed by atoms with Gasteiger partial charge in [-0.15, -0.1) is 0 Å². The average molecular weight is 530 g/mol. The molecule has 37 heavy (non-hydrogen) atoms. The van der Waals surface area contributed by atoms with Crippen LogP contribution >= 0.6 is 0 Å². The molecular formula is C28H39NO7Si. The second kappa shape index (κ2) is 14.8. The predicted molar refractivity (Wildman–Crippen MR) is 146 cm³/mol. The maximum Gasteiger partial charge on any atom is 0.338 e. The number of carbonyl (C=O) groups excluding carboxylic acids is 1. The molecule has 0 bridgehead atoms. The molecular weight excluding hydrogens is 490 g/mol. The highest BCUT2D eigenvalue weighted by molar-refractivity contribution is 6.76. The van der Waals surface area contributed by atoms with Crippen molar-refractivity contribution in [3.63, 3.8) is 0 Å². The molecule has 0 radical (unpaired) electrons. The smallest absolute Gasteiger partial charge is 0.338 e. The zero-order valence-corrected chi connectivity index (χ0v) is 23.5. The lowest BCUT2D eigenvalue weighted by Crippen LogP contribution is -2.33. The van der Waals surface area contributed by atoms with E-state index in [4.69, 9.17) is 18.9 Å². The summed E-state index contributed by atoms with van der Waals surface area (Å²) in [5.41, 5.74) is 1.86. The summed E-state index contributed by atoms with van der Waals surface area (Å²) in [5.74, 6) is -0.592. The SMILES string of the molecule is C=C(C[C@@H](OC(=O)c1ccc([N+](=O)[O-])cc1)[C@H](C)OCc1ccccc1)[C@@H](C)OCOCC[Si](C)(C)C. The number of benzene rings is 2. The van der Waals surface area contributed by atoms with E-state index in [9.17, 15) is 14.9 Å². The van der Waals surface area contributed by atoms with Crippen molar-refractivity contribution in [1.82, 2.24) is 0 Å². The predicted octanol–water partition coefficient (Wildman–Crippen LogP) is 6.39. The molecule has 0 aliphatic rings. The van der Waals surface area contributed by atoms with Gasteiger partial charge in [-0.05, 0) is 43.2 Å². The van der Waals surface area contributed by atoms with E-state index in [1.54, 1.807) is 0 Å². The topological polar surface area (TPSA) is 97.1 Å². The molecule has 0 fully saturated rings. The fourth-order valence-corrected chi connectivity index (χ4v) is 4.02. The Morgan fingerprint density at radius 2 is 1.68 bits per heavy atom. The first-order valence-electron chi connectivity index (χ1n) is 12.4. The molecule has 0 spiro atoms. The lowest BCUT2D eigenvalue weighted by Gasteiger charge is -2.27. The van der Waals surface area contributed by atoms with Gasteiger partial charge in [-0.25, -0.2) is 4.79 Å². The van der Waals surface area contributed by atoms with Crippen LogP contribution in [0.1, 0.15) is 36.2 Å². The van der Waals surface area contributed by atoms with E-state index in [0.717, 1.165) is 17.2 Å². The highest BCUT2D eigenvalue weighted by Crippen LogP contribution is 2.21. The summed E-state index contributed by atoms with van der Waals surface area (Å²) in [6, 6.07) is 16.1. The molecule has 2 rings (SSSR count). The van der Waals surface area contributed by atoms with Crippen molar-refractivity contribution in [2.45, 2.75) is 70.9 Å². The summed E-state index contributed by atoms with van der Waals surface area (Å²) in [4.78, 5) is 23.3. The third-order valence-corrected chi connectivity index (χ3v) is 7.59. The van der Waals surface area contributed by atoms with Gasteiger partial charge < -0.3 is 18.9 Å². The van der Waals surface area contributed by atoms with E-state index in [1.807, 2.05) is 44.2 Å². The molecule has 0 unspecified atom stereocenters. The van der Waals surface area contributed by atoms with Crippen LogP contribution < -0.4 is 0 Å². The Balaban J connectivity index is 2.01. The van der Waals surface area contributed by atoms with Crippen LogP contribution in [-0.4, -0.2) is 50.7 Å². The fraction of sp³-hybridized carbons (Fsp3) is 0.464. The van der Waals surface area contributed by atoms with E-state index in [2.05, 4.69) is 26.2 Å². The summed E-state index contributed by atoms with van der Waals surface area (Å²) in [5, 5.41) is 10.9. The largest absolute Gasteiger partial charge is 0.456 e. The van der Waals surface area contributed by atoms with Crippen molar-refractivity contribution in [3.8, 4) is 0 Å². The minimum absolute atomic E-state index is 0.0981. The standard InChI is InChI=1S/C28H39NO7Si/c1-21(22(2)35-20-33-16-17-37(4,5)6)18-27(23(3)34-19-24-10-8-7-9-11-24)36-28(30)25-12-14-26(15-13-25)29(31)32/h7-15,22-23,27H,1,16-20H2,2-6H3/t22-,23+,27-/m1/s1. The first-order valence-corrected chi connectivity index (χ1v) is 16.1. The number of nitro benzene ring substituents is 1. The zero-order chi connectivity index (χ0) is 27.4. The minimum Gasteiger partial charge on any atom is -0.456 e. The molecule has 2 aromatic rings. The molecule has 0 aromatic heterocycles. The summed E-state index contributed by atoms with van der Waals surface area (Å²) in [6.45, 7) is 15.9. The Kier molecular flexibility index (Phi) is 12.1. The monoisotopic (exact) mass is 529 g/mol. The van der Waals surface area contributed by atoms with Crippen LogP contribution in [0, 0.1) is 10.1 Å². The molecule has 3 atom stereocenters. The zero-order valence-electron chi connectivity index (χ0n) is 22.5. The number of nitrogens with zero attached hydrogens (tertiary/aromatic N) is 1. The Morgan fingerprint density at radius 1 is 1.03 bits per heavy atom. The first kappa shape index (κ1) is 30.4. The first-order chi connectivity index (χ1) is 17.5. The lowest BCUT2D eigenvalue weighted by atomic mass is 10.0. The van der Waals surface area contributed by atoms with Crippen LogP contribution in [0.15, 0.2) is 66.7 Å². The van der Waals surface area contributed by atoms with Crippen molar-refractivity contribution in [2.24, 2.45) is 0 Å². The quantitative estimate of drug-likeness (QED) is 0.0473. The van der Waals surface area contributed by atoms with Crippen molar-refractivity contribution in [2.75, 3.05) is 13.4 Å². The summed E-state index contributed by atoms with van der Waals surface area (Å²) >= 11 is 0. The molecule has 0 aliphatic heterocycles. The Hall–Kier alpha value is -2.85. The van der Waals surface area contributed by atoms with Crippen LogP contribution in [0.3, 0.4) is 0 Å². The van der Waals surface area contributed by atoms with E-state index in [0.29, 0.717) is 19.6 Å². The summed E-state index contributed by atoms with van der Waals surface area (Å²) in [7, 11) is -1.17. The van der Waals surface area contributed by atoms with E-state index >= 15 is 0 Å². The van der Waals surface area contributed by atoms with Crippen LogP contribution in [-0.2, 0) is 25.6 Å². The molecule has 202 valence electrons. The Labute approximate surface area is 220 Å². The second-order valence-corrected chi connectivity index (χ2v) is 15.9. The van der Waals surface area contributed by atoms with Crippen LogP contribution in [0.4, 0.5) is 5.69 Å². The van der Waals surface area contributed by atoms with Crippen molar-refractivity contribution < 1.29 is 28.7 Å². The number of non-ortho nitro benzene ring substituents is 1. The highest BCUT2D eigenvalue weighted by atomic mass is 28.3. The highest BCUT2D eigenvalue weighted by Gasteiger charge is 2.26. The molecule has 0 N–H and O–H groups in total. The van der Waals surface area contributed by atoms with E-state index in [-0.39, 0.29) is 24.1 Å². The van der Waals surface area contributed by atoms with Gasteiger partial charge in [0.15, 0.2) is 0 Å². The second-order valence-electron chi connectivity index (χ2n) is 10.3. The number of rotatable bonds is 16. The van der Waals surface area contributed by atoms with Crippen molar-refractivity contribution >= 4 is 19.7 Å². The van der Waals surface area contributed by atoms with Gasteiger partial charge in [0.25, 0.3) is 5.69 Å². The van der Waals surface area contributed by atoms with Gasteiger partial charge in [-0.2, -0.15) is 0 Å². The third kappa shape index (κ3) is 11.4. The third-order valence-electron chi connectivity index (χ3n) is 5.89. The lowest BCUT2D eigenvalue weighted by molar-refractivity contribution is -0.384. The fourth-order valence-electron chi connectivity index (χ4n) is 3.27. The Morgan fingerprint density at radius 3 is 2.27 bits per heavy atom. The van der Waals surface area contributed by atoms with Gasteiger partial charge in [-0.1, -0.05) is 56.6 Å². The van der Waals surface area contributed by atoms with E-state index in [1.165, 1.54) is 24.3 Å². The molecule has 0 heterocycles. The maximum absolute atomic E-state index is 12.9. The average Bonchev–Trinajstić information content (AvgIpc) is 2.86. The van der Waals surface area contributed by atoms with Crippen LogP contribution in [0.5, 0.6) is 0 Å². The molecule has 0 saturated carbocycles. The van der Waals surface area contributed by atoms with E-state index < -0.39 is 31.2 Å². The van der Waals surface area contributed by atoms with Gasteiger partial charge in [0, 0.05) is 33.2 Å². The van der Waals surface area contributed by atoms with Gasteiger partial charge >= 0.3 is 5.97 Å². The van der Waals surface area contributed by atoms with Crippen molar-refractivity contribution in [3.05, 3.63) is 88.0 Å². The molecule has 0 amide bonds. The van der Waals surface area contributed by atoms with Gasteiger partial charge in [0.1, 0.15) is 12.9 Å². The Bertz CT molecular complexity index is 1010. The van der Waals surface area contributed by atoms with Crippen LogP contribution in [0.2, 0.25) is 25.7 Å². The van der Waals surface area contributed by atoms with Gasteiger partial charge in [-0.3, -0.25) is 10.1 Å². The van der Waals surface area contributed by atoms with Gasteiger partial charge in [0.05, 0.1) is 29.3 Å². The molecule has 0 saturated heterocycles. The normalized spacial score (nSPS) is 14.0. The summed E-state index contributed by atoms with van der Waals surface area (Å²) in [6.07, 6.45) is -1.07. The number of carbonyl (C=O) groups is 1. The van der Waals surface area contributed by atoms with Crippen LogP contribution in [0.25, 0.3) is 0 Å². The number of hydrogen-bond donors (Lipinski definition) is 0. The van der Waals surface area contributed by atoms with Gasteiger partial charge in [0.2, 0.25) is 0 Å². The van der Waals surface area contributed by atoms with Crippen molar-refractivity contribution in [1.29, 1.82) is 0 Å². The number of hydrogen-bond acceptors (Lipinski definition) is 7. The minimum atomic E-state index is -1.17. The molecule has 0 aliphatic carbocycles. The molecule has 2 aromatic carbocycles. The maximum atomic E-state index is 12.9.